The Bertz CT molecular complexity index is 1410. The summed E-state index contributed by atoms with van der Waals surface area (Å²) in [5, 5.41) is 9.58. The number of likely N-dealkylation sites (N-methyl/N-ethyl adjacent to an activating group) is 1. The van der Waals surface area contributed by atoms with Crippen LogP contribution in [0.2, 0.25) is 0 Å². The Morgan fingerprint density at radius 1 is 1.19 bits per heavy atom. The third kappa shape index (κ3) is 4.76. The van der Waals surface area contributed by atoms with Gasteiger partial charge in [0.2, 0.25) is 0 Å². The summed E-state index contributed by atoms with van der Waals surface area (Å²) in [5.74, 6) is 1.74. The molecule has 0 radical (unpaired) electrons. The molecule has 196 valence electrons. The van der Waals surface area contributed by atoms with Gasteiger partial charge in [0, 0.05) is 35.8 Å². The standard InChI is InChI=1S/C29H38N6O2/c1-18(2)27-23-13-22(37-16-21-9-11-34(12-10-21)26(15-36)33(5)6)7-8-25(23)31-28(27)24-14-35-17-30-32-29(35)20(4)19(24)3/h7-8,13-15,17-18,21,26,31H,9-12,16H2,1-6H3. The molecule has 8 heteroatoms. The van der Waals surface area contributed by atoms with Gasteiger partial charge in [-0.1, -0.05) is 13.8 Å². The molecule has 0 spiro atoms. The fourth-order valence-electron chi connectivity index (χ4n) is 5.69. The molecular formula is C29H38N6O2. The first-order chi connectivity index (χ1) is 17.8. The van der Waals surface area contributed by atoms with Gasteiger partial charge in [0.1, 0.15) is 18.2 Å². The Morgan fingerprint density at radius 3 is 2.62 bits per heavy atom. The third-order valence-electron chi connectivity index (χ3n) is 7.96. The average molecular weight is 503 g/mol. The van der Waals surface area contributed by atoms with E-state index in [2.05, 4.69) is 72.2 Å². The molecule has 0 bridgehead atoms. The van der Waals surface area contributed by atoms with E-state index in [-0.39, 0.29) is 6.17 Å². The van der Waals surface area contributed by atoms with Gasteiger partial charge in [-0.25, -0.2) is 0 Å². The number of rotatable bonds is 8. The summed E-state index contributed by atoms with van der Waals surface area (Å²) < 4.78 is 8.33. The summed E-state index contributed by atoms with van der Waals surface area (Å²) in [5.41, 5.74) is 7.98. The van der Waals surface area contributed by atoms with Gasteiger partial charge >= 0.3 is 0 Å². The minimum atomic E-state index is -0.139. The molecule has 5 rings (SSSR count). The molecule has 4 heterocycles. The maximum Gasteiger partial charge on any atom is 0.163 e. The molecule has 8 nitrogen and oxygen atoms in total. The van der Waals surface area contributed by atoms with Gasteiger partial charge in [0.15, 0.2) is 11.9 Å². The Hall–Kier alpha value is -3.23. The second-order valence-electron chi connectivity index (χ2n) is 10.9. The van der Waals surface area contributed by atoms with E-state index < -0.39 is 0 Å². The van der Waals surface area contributed by atoms with Crippen LogP contribution >= 0.6 is 0 Å². The lowest BCUT2D eigenvalue weighted by Gasteiger charge is -2.37. The number of benzene rings is 1. The number of carbonyl (C=O) groups excluding carboxylic acids is 1. The maximum atomic E-state index is 11.5. The molecule has 0 saturated carbocycles. The lowest BCUT2D eigenvalue weighted by Crippen LogP contribution is -2.49. The number of aromatic amines is 1. The molecule has 3 aromatic heterocycles. The van der Waals surface area contributed by atoms with Gasteiger partial charge < -0.3 is 14.5 Å². The molecule has 0 aliphatic carbocycles. The number of ether oxygens (including phenoxy) is 1. The first-order valence-corrected chi connectivity index (χ1v) is 13.2. The molecule has 1 N–H and O–H groups in total. The monoisotopic (exact) mass is 502 g/mol. The molecule has 1 aromatic carbocycles. The summed E-state index contributed by atoms with van der Waals surface area (Å²) in [6.07, 6.45) is 6.87. The van der Waals surface area contributed by atoms with Gasteiger partial charge in [0.05, 0.1) is 12.3 Å². The van der Waals surface area contributed by atoms with E-state index in [0.29, 0.717) is 18.4 Å². The van der Waals surface area contributed by atoms with Crippen LogP contribution in [0.15, 0.2) is 30.7 Å². The maximum absolute atomic E-state index is 11.5. The molecule has 37 heavy (non-hydrogen) atoms. The van der Waals surface area contributed by atoms with E-state index >= 15 is 0 Å². The van der Waals surface area contributed by atoms with Crippen LogP contribution < -0.4 is 4.74 Å². The summed E-state index contributed by atoms with van der Waals surface area (Å²) >= 11 is 0. The minimum Gasteiger partial charge on any atom is -0.493 e. The summed E-state index contributed by atoms with van der Waals surface area (Å²) in [6.45, 7) is 11.3. The molecule has 1 atom stereocenters. The molecule has 1 aliphatic rings. The summed E-state index contributed by atoms with van der Waals surface area (Å²) in [4.78, 5) is 19.4. The van der Waals surface area contributed by atoms with Crippen molar-refractivity contribution in [1.29, 1.82) is 0 Å². The molecule has 4 aromatic rings. The zero-order valence-corrected chi connectivity index (χ0v) is 22.8. The number of hydrogen-bond acceptors (Lipinski definition) is 6. The quantitative estimate of drug-likeness (QED) is 0.349. The van der Waals surface area contributed by atoms with Gasteiger partial charge in [-0.05, 0) is 87.5 Å². The average Bonchev–Trinajstić information content (AvgIpc) is 3.50. The minimum absolute atomic E-state index is 0.139. The second-order valence-corrected chi connectivity index (χ2v) is 10.9. The van der Waals surface area contributed by atoms with Crippen molar-refractivity contribution >= 4 is 22.8 Å². The highest BCUT2D eigenvalue weighted by atomic mass is 16.5. The van der Waals surface area contributed by atoms with E-state index in [4.69, 9.17) is 4.74 Å². The van der Waals surface area contributed by atoms with Crippen LogP contribution in [0.4, 0.5) is 0 Å². The SMILES string of the molecule is Cc1c(-c2[nH]c3ccc(OCC4CCN(C(C=O)N(C)C)CC4)cc3c2C(C)C)cn2cnnc2c1C. The predicted molar refractivity (Wildman–Crippen MR) is 147 cm³/mol. The summed E-state index contributed by atoms with van der Waals surface area (Å²) in [6, 6.07) is 6.39. The fourth-order valence-corrected chi connectivity index (χ4v) is 5.69. The topological polar surface area (TPSA) is 78.8 Å². The Balaban J connectivity index is 1.37. The van der Waals surface area contributed by atoms with Crippen molar-refractivity contribution in [3.8, 4) is 17.0 Å². The van der Waals surface area contributed by atoms with Gasteiger partial charge in [-0.2, -0.15) is 0 Å². The van der Waals surface area contributed by atoms with Crippen LogP contribution in [-0.2, 0) is 4.79 Å². The van der Waals surface area contributed by atoms with Gasteiger partial charge in [0.25, 0.3) is 0 Å². The third-order valence-corrected chi connectivity index (χ3v) is 7.96. The number of hydrogen-bond donors (Lipinski definition) is 1. The van der Waals surface area contributed by atoms with Crippen molar-refractivity contribution in [2.75, 3.05) is 33.8 Å². The van der Waals surface area contributed by atoms with Crippen molar-refractivity contribution in [3.05, 3.63) is 47.4 Å². The number of aryl methyl sites for hydroxylation is 1. The largest absolute Gasteiger partial charge is 0.493 e. The first kappa shape index (κ1) is 25.4. The highest BCUT2D eigenvalue weighted by molar-refractivity contribution is 5.93. The Kier molecular flexibility index (Phi) is 7.05. The number of likely N-dealkylation sites (tertiary alicyclic amines) is 1. The number of fused-ring (bicyclic) bond motifs is 2. The number of carbonyl (C=O) groups is 1. The van der Waals surface area contributed by atoms with E-state index in [1.165, 1.54) is 22.1 Å². The van der Waals surface area contributed by atoms with E-state index in [9.17, 15) is 4.79 Å². The van der Waals surface area contributed by atoms with E-state index in [1.54, 1.807) is 6.33 Å². The molecule has 1 saturated heterocycles. The number of pyridine rings is 1. The summed E-state index contributed by atoms with van der Waals surface area (Å²) in [7, 11) is 3.91. The molecular weight excluding hydrogens is 464 g/mol. The Morgan fingerprint density at radius 2 is 1.95 bits per heavy atom. The lowest BCUT2D eigenvalue weighted by molar-refractivity contribution is -0.118. The zero-order chi connectivity index (χ0) is 26.3. The lowest BCUT2D eigenvalue weighted by atomic mass is 9.94. The van der Waals surface area contributed by atoms with Crippen LogP contribution in [0, 0.1) is 19.8 Å². The number of H-pyrrole nitrogens is 1. The number of aromatic nitrogens is 4. The molecule has 1 unspecified atom stereocenters. The second kappa shape index (κ2) is 10.3. The number of nitrogens with one attached hydrogen (secondary N) is 1. The van der Waals surface area contributed by atoms with Crippen LogP contribution in [-0.4, -0.2) is 75.6 Å². The number of aldehydes is 1. The predicted octanol–water partition coefficient (Wildman–Crippen LogP) is 4.80. The molecule has 0 amide bonds. The highest BCUT2D eigenvalue weighted by Gasteiger charge is 2.26. The highest BCUT2D eigenvalue weighted by Crippen LogP contribution is 2.39. The number of nitrogens with zero attached hydrogens (tertiary/aromatic N) is 5. The van der Waals surface area contributed by atoms with Gasteiger partial charge in [-0.15, -0.1) is 10.2 Å². The van der Waals surface area contributed by atoms with Crippen LogP contribution in [0.1, 0.15) is 49.3 Å². The normalized spacial score (nSPS) is 16.3. The van der Waals surface area contributed by atoms with Crippen LogP contribution in [0.3, 0.4) is 0 Å². The molecule has 1 fully saturated rings. The zero-order valence-electron chi connectivity index (χ0n) is 22.8. The van der Waals surface area contributed by atoms with Crippen molar-refractivity contribution in [2.45, 2.75) is 52.6 Å². The van der Waals surface area contributed by atoms with Crippen molar-refractivity contribution in [2.24, 2.45) is 5.92 Å². The van der Waals surface area contributed by atoms with Gasteiger partial charge in [-0.3, -0.25) is 14.2 Å². The van der Waals surface area contributed by atoms with E-state index in [1.807, 2.05) is 23.4 Å². The van der Waals surface area contributed by atoms with Crippen molar-refractivity contribution in [1.82, 2.24) is 29.4 Å². The van der Waals surface area contributed by atoms with Crippen LogP contribution in [0.25, 0.3) is 27.8 Å². The Labute approximate surface area is 218 Å². The van der Waals surface area contributed by atoms with Crippen molar-refractivity contribution < 1.29 is 9.53 Å². The van der Waals surface area contributed by atoms with E-state index in [0.717, 1.165) is 60.4 Å². The smallest absolute Gasteiger partial charge is 0.163 e. The fraction of sp³-hybridized carbons (Fsp3) is 0.483. The first-order valence-electron chi connectivity index (χ1n) is 13.2. The number of piperidine rings is 1. The molecule has 1 aliphatic heterocycles. The van der Waals surface area contributed by atoms with Crippen molar-refractivity contribution in [3.63, 3.8) is 0 Å². The van der Waals surface area contributed by atoms with Crippen LogP contribution in [0.5, 0.6) is 5.75 Å².